The minimum atomic E-state index is -1.03. The Morgan fingerprint density at radius 1 is 1.00 bits per heavy atom. The van der Waals surface area contributed by atoms with Crippen LogP contribution in [0.25, 0.3) is 5.57 Å². The van der Waals surface area contributed by atoms with E-state index in [2.05, 4.69) is 36.2 Å². The first-order valence-electron chi connectivity index (χ1n) is 11.1. The fourth-order valence-corrected chi connectivity index (χ4v) is 4.32. The number of hydrogen-bond acceptors (Lipinski definition) is 4. The number of ether oxygens (including phenoxy) is 1. The van der Waals surface area contributed by atoms with Crippen molar-refractivity contribution in [2.24, 2.45) is 11.8 Å². The van der Waals surface area contributed by atoms with E-state index >= 15 is 0 Å². The zero-order valence-electron chi connectivity index (χ0n) is 18.2. The van der Waals surface area contributed by atoms with Crippen LogP contribution in [-0.2, 0) is 16.0 Å². The Morgan fingerprint density at radius 2 is 1.72 bits per heavy atom. The lowest BCUT2D eigenvalue weighted by Gasteiger charge is -2.22. The van der Waals surface area contributed by atoms with E-state index in [-0.39, 0.29) is 12.3 Å². The summed E-state index contributed by atoms with van der Waals surface area (Å²) in [7, 11) is 0. The Morgan fingerprint density at radius 3 is 2.38 bits per heavy atom. The molecule has 1 fully saturated rings. The third kappa shape index (κ3) is 6.44. The molecule has 170 valence electrons. The van der Waals surface area contributed by atoms with Gasteiger partial charge in [-0.1, -0.05) is 49.0 Å². The maximum Gasteiger partial charge on any atom is 0.321 e. The van der Waals surface area contributed by atoms with E-state index in [4.69, 9.17) is 4.74 Å². The third-order valence-electron chi connectivity index (χ3n) is 6.07. The van der Waals surface area contributed by atoms with Gasteiger partial charge in [-0.3, -0.25) is 9.59 Å². The number of hydrogen-bond donors (Lipinski definition) is 3. The molecule has 0 bridgehead atoms. The standard InChI is InChI=1S/C26H31NO5/c1-18(23-17-27-25(26(30)31)22(23)16-24(28)29)20-11-13-21(14-12-20)32-15-7-3-6-10-19-8-4-2-5-9-19/h2,4-5,8-9,11-14,22-23,25,27H,1,3,6-7,10,15-17H2,(H,28,29)(H,30,31)/t22-,23+,25-/m0/s1. The van der Waals surface area contributed by atoms with Crippen LogP contribution in [0.4, 0.5) is 0 Å². The van der Waals surface area contributed by atoms with Crippen LogP contribution in [0.15, 0.2) is 61.2 Å². The predicted molar refractivity (Wildman–Crippen MR) is 124 cm³/mol. The molecule has 0 unspecified atom stereocenters. The average Bonchev–Trinajstić information content (AvgIpc) is 3.20. The topological polar surface area (TPSA) is 95.9 Å². The molecule has 0 amide bonds. The largest absolute Gasteiger partial charge is 0.494 e. The molecule has 6 heteroatoms. The van der Waals surface area contributed by atoms with Gasteiger partial charge in [0.05, 0.1) is 13.0 Å². The minimum absolute atomic E-state index is 0.209. The highest BCUT2D eigenvalue weighted by Crippen LogP contribution is 2.36. The maximum atomic E-state index is 11.5. The number of nitrogens with one attached hydrogen (secondary N) is 1. The van der Waals surface area contributed by atoms with E-state index in [1.807, 2.05) is 30.3 Å². The van der Waals surface area contributed by atoms with Crippen LogP contribution in [0, 0.1) is 11.8 Å². The lowest BCUT2D eigenvalue weighted by molar-refractivity contribution is -0.142. The first-order chi connectivity index (χ1) is 15.5. The number of benzene rings is 2. The highest BCUT2D eigenvalue weighted by molar-refractivity contribution is 5.78. The van der Waals surface area contributed by atoms with Crippen LogP contribution >= 0.6 is 0 Å². The Balaban J connectivity index is 1.46. The second-order valence-electron chi connectivity index (χ2n) is 8.29. The molecule has 1 heterocycles. The molecule has 0 saturated carbocycles. The number of unbranched alkanes of at least 4 members (excludes halogenated alkanes) is 2. The number of carboxylic acid groups (broad SMARTS) is 2. The van der Waals surface area contributed by atoms with Crippen molar-refractivity contribution >= 4 is 17.5 Å². The van der Waals surface area contributed by atoms with Crippen molar-refractivity contribution in [1.29, 1.82) is 0 Å². The van der Waals surface area contributed by atoms with E-state index < -0.39 is 23.9 Å². The summed E-state index contributed by atoms with van der Waals surface area (Å²) in [5, 5.41) is 21.5. The first-order valence-corrected chi connectivity index (χ1v) is 11.1. The molecule has 1 aliphatic heterocycles. The summed E-state index contributed by atoms with van der Waals surface area (Å²) >= 11 is 0. The second kappa shape index (κ2) is 11.5. The number of rotatable bonds is 12. The number of carboxylic acids is 2. The second-order valence-corrected chi connectivity index (χ2v) is 8.29. The molecule has 3 rings (SSSR count). The summed E-state index contributed by atoms with van der Waals surface area (Å²) < 4.78 is 5.84. The normalized spacial score (nSPS) is 20.1. The van der Waals surface area contributed by atoms with Gasteiger partial charge in [0, 0.05) is 18.4 Å². The molecule has 1 saturated heterocycles. The lowest BCUT2D eigenvalue weighted by Crippen LogP contribution is -2.36. The van der Waals surface area contributed by atoms with Crippen molar-refractivity contribution in [2.45, 2.75) is 38.1 Å². The van der Waals surface area contributed by atoms with Gasteiger partial charge in [0.15, 0.2) is 0 Å². The minimum Gasteiger partial charge on any atom is -0.494 e. The van der Waals surface area contributed by atoms with Crippen molar-refractivity contribution in [3.63, 3.8) is 0 Å². The van der Waals surface area contributed by atoms with Gasteiger partial charge < -0.3 is 20.3 Å². The van der Waals surface area contributed by atoms with Crippen LogP contribution in [0.1, 0.15) is 36.8 Å². The van der Waals surface area contributed by atoms with Crippen molar-refractivity contribution in [3.8, 4) is 5.75 Å². The molecule has 1 aliphatic rings. The molecule has 32 heavy (non-hydrogen) atoms. The molecule has 0 aliphatic carbocycles. The summed E-state index contributed by atoms with van der Waals surface area (Å²) in [4.78, 5) is 22.7. The van der Waals surface area contributed by atoms with Crippen LogP contribution in [0.5, 0.6) is 5.75 Å². The summed E-state index contributed by atoms with van der Waals surface area (Å²) in [5.74, 6) is -2.04. The van der Waals surface area contributed by atoms with E-state index in [1.165, 1.54) is 5.56 Å². The van der Waals surface area contributed by atoms with Crippen molar-refractivity contribution in [3.05, 3.63) is 72.3 Å². The fraction of sp³-hybridized carbons (Fsp3) is 0.385. The van der Waals surface area contributed by atoms with Gasteiger partial charge in [0.25, 0.3) is 0 Å². The van der Waals surface area contributed by atoms with Crippen molar-refractivity contribution in [2.75, 3.05) is 13.2 Å². The number of aryl methyl sites for hydroxylation is 1. The molecule has 0 radical (unpaired) electrons. The molecule has 3 atom stereocenters. The zero-order valence-corrected chi connectivity index (χ0v) is 18.2. The van der Waals surface area contributed by atoms with Gasteiger partial charge >= 0.3 is 11.9 Å². The Labute approximate surface area is 188 Å². The first kappa shape index (κ1) is 23.5. The third-order valence-corrected chi connectivity index (χ3v) is 6.07. The fourth-order valence-electron chi connectivity index (χ4n) is 4.32. The van der Waals surface area contributed by atoms with Gasteiger partial charge in [0.2, 0.25) is 0 Å². The summed E-state index contributed by atoms with van der Waals surface area (Å²) in [6, 6.07) is 17.2. The van der Waals surface area contributed by atoms with Gasteiger partial charge in [-0.2, -0.15) is 0 Å². The lowest BCUT2D eigenvalue weighted by atomic mass is 9.81. The summed E-state index contributed by atoms with van der Waals surface area (Å²) in [5.41, 5.74) is 2.98. The van der Waals surface area contributed by atoms with Crippen LogP contribution in [0.3, 0.4) is 0 Å². The molecule has 2 aromatic carbocycles. The quantitative estimate of drug-likeness (QED) is 0.430. The maximum absolute atomic E-state index is 11.5. The van der Waals surface area contributed by atoms with E-state index in [0.29, 0.717) is 13.2 Å². The van der Waals surface area contributed by atoms with Gasteiger partial charge in [0.1, 0.15) is 11.8 Å². The molecule has 6 nitrogen and oxygen atoms in total. The van der Waals surface area contributed by atoms with Gasteiger partial charge in [-0.05, 0) is 54.5 Å². The molecule has 2 aromatic rings. The SMILES string of the molecule is C=C(c1ccc(OCCCCCc2ccccc2)cc1)[C@H]1CN[C@H](C(=O)O)[C@H]1CC(=O)O. The Hall–Kier alpha value is -3.12. The van der Waals surface area contributed by atoms with Crippen molar-refractivity contribution < 1.29 is 24.5 Å². The van der Waals surface area contributed by atoms with E-state index in [1.54, 1.807) is 0 Å². The van der Waals surface area contributed by atoms with Gasteiger partial charge in [-0.15, -0.1) is 0 Å². The molecule has 0 spiro atoms. The summed E-state index contributed by atoms with van der Waals surface area (Å²) in [6.07, 6.45) is 4.10. The Bertz CT molecular complexity index is 910. The monoisotopic (exact) mass is 437 g/mol. The van der Waals surface area contributed by atoms with Gasteiger partial charge in [-0.25, -0.2) is 0 Å². The predicted octanol–water partition coefficient (Wildman–Crippen LogP) is 4.26. The van der Waals surface area contributed by atoms with E-state index in [9.17, 15) is 19.8 Å². The zero-order chi connectivity index (χ0) is 22.9. The average molecular weight is 438 g/mol. The van der Waals surface area contributed by atoms with Crippen molar-refractivity contribution in [1.82, 2.24) is 5.32 Å². The molecule has 3 N–H and O–H groups in total. The molecular weight excluding hydrogens is 406 g/mol. The van der Waals surface area contributed by atoms with E-state index in [0.717, 1.165) is 42.6 Å². The number of carbonyl (C=O) groups is 2. The van der Waals surface area contributed by atoms with Crippen LogP contribution < -0.4 is 10.1 Å². The Kier molecular flexibility index (Phi) is 8.45. The summed E-state index contributed by atoms with van der Waals surface area (Å²) in [6.45, 7) is 5.20. The highest BCUT2D eigenvalue weighted by Gasteiger charge is 2.42. The smallest absolute Gasteiger partial charge is 0.321 e. The van der Waals surface area contributed by atoms with Crippen LogP contribution in [0.2, 0.25) is 0 Å². The number of aliphatic carboxylic acids is 2. The molecular formula is C26H31NO5. The molecule has 0 aromatic heterocycles. The highest BCUT2D eigenvalue weighted by atomic mass is 16.5. The van der Waals surface area contributed by atoms with Crippen LogP contribution in [-0.4, -0.2) is 41.3 Å².